The first-order chi connectivity index (χ1) is 9.27. The summed E-state index contributed by atoms with van der Waals surface area (Å²) < 4.78 is 0. The van der Waals surface area contributed by atoms with Gasteiger partial charge in [0.05, 0.1) is 21.2 Å². The normalized spacial score (nSPS) is 10.3. The van der Waals surface area contributed by atoms with E-state index in [2.05, 4.69) is 10.6 Å². The molecule has 0 aliphatic heterocycles. The van der Waals surface area contributed by atoms with Crippen LogP contribution in [0.2, 0.25) is 5.02 Å². The number of benzene rings is 1. The van der Waals surface area contributed by atoms with Crippen molar-refractivity contribution in [2.24, 2.45) is 0 Å². The van der Waals surface area contributed by atoms with Gasteiger partial charge in [-0.05, 0) is 27.0 Å². The van der Waals surface area contributed by atoms with Crippen LogP contribution in [0, 0.1) is 10.1 Å². The number of halogens is 1. The Morgan fingerprint density at radius 3 is 2.30 bits per heavy atom. The Labute approximate surface area is 123 Å². The maximum Gasteiger partial charge on any atom is 0.271 e. The maximum absolute atomic E-state index is 11.9. The summed E-state index contributed by atoms with van der Waals surface area (Å²) in [7, 11) is 1.66. The standard InChI is InChI=1S/C11H14ClN3O3.C2H6/c1-11(2,13-3)10(16)14-9-5-4-7(15(17)18)6-8(9)12;1-2/h4-6,13H,1-3H3,(H,14,16);1-2H3. The quantitative estimate of drug-likeness (QED) is 0.660. The number of non-ortho nitro benzene ring substituents is 1. The summed E-state index contributed by atoms with van der Waals surface area (Å²) in [4.78, 5) is 21.9. The van der Waals surface area contributed by atoms with Gasteiger partial charge in [-0.25, -0.2) is 0 Å². The van der Waals surface area contributed by atoms with Gasteiger partial charge in [0.2, 0.25) is 5.91 Å². The third kappa shape index (κ3) is 4.79. The van der Waals surface area contributed by atoms with Gasteiger partial charge in [-0.3, -0.25) is 14.9 Å². The lowest BCUT2D eigenvalue weighted by atomic mass is 10.1. The van der Waals surface area contributed by atoms with Crippen molar-refractivity contribution in [2.45, 2.75) is 33.2 Å². The monoisotopic (exact) mass is 301 g/mol. The van der Waals surface area contributed by atoms with Crippen molar-refractivity contribution in [3.63, 3.8) is 0 Å². The first kappa shape index (κ1) is 18.3. The van der Waals surface area contributed by atoms with Crippen molar-refractivity contribution in [2.75, 3.05) is 12.4 Å². The maximum atomic E-state index is 11.9. The van der Waals surface area contributed by atoms with E-state index in [-0.39, 0.29) is 16.6 Å². The molecule has 0 aliphatic rings. The molecule has 0 bridgehead atoms. The smallest absolute Gasteiger partial charge is 0.271 e. The molecular weight excluding hydrogens is 282 g/mol. The molecule has 0 aliphatic carbocycles. The van der Waals surface area contributed by atoms with Crippen LogP contribution in [0.4, 0.5) is 11.4 Å². The van der Waals surface area contributed by atoms with E-state index in [1.807, 2.05) is 13.8 Å². The summed E-state index contributed by atoms with van der Waals surface area (Å²) in [5.74, 6) is -0.277. The fourth-order valence-electron chi connectivity index (χ4n) is 1.11. The second-order valence-electron chi connectivity index (χ2n) is 4.25. The van der Waals surface area contributed by atoms with Crippen molar-refractivity contribution < 1.29 is 9.72 Å². The van der Waals surface area contributed by atoms with Gasteiger partial charge in [-0.2, -0.15) is 0 Å². The highest BCUT2D eigenvalue weighted by Crippen LogP contribution is 2.27. The lowest BCUT2D eigenvalue weighted by Gasteiger charge is -2.22. The predicted octanol–water partition coefficient (Wildman–Crippen LogP) is 3.21. The minimum atomic E-state index is -0.759. The van der Waals surface area contributed by atoms with Gasteiger partial charge in [-0.15, -0.1) is 0 Å². The first-order valence-electron chi connectivity index (χ1n) is 6.22. The summed E-state index contributed by atoms with van der Waals surface area (Å²) in [6.45, 7) is 7.42. The number of nitrogens with one attached hydrogen (secondary N) is 2. The first-order valence-corrected chi connectivity index (χ1v) is 6.60. The van der Waals surface area contributed by atoms with Crippen molar-refractivity contribution in [1.82, 2.24) is 5.32 Å². The summed E-state index contributed by atoms with van der Waals surface area (Å²) >= 11 is 5.87. The Morgan fingerprint density at radius 2 is 1.90 bits per heavy atom. The Morgan fingerprint density at radius 1 is 1.35 bits per heavy atom. The number of hydrogen-bond acceptors (Lipinski definition) is 4. The molecule has 0 saturated carbocycles. The van der Waals surface area contributed by atoms with Crippen LogP contribution in [0.1, 0.15) is 27.7 Å². The number of likely N-dealkylation sites (N-methyl/N-ethyl adjacent to an activating group) is 1. The molecule has 1 rings (SSSR count). The topological polar surface area (TPSA) is 84.3 Å². The van der Waals surface area contributed by atoms with Gasteiger partial charge in [0.1, 0.15) is 0 Å². The van der Waals surface area contributed by atoms with Crippen LogP contribution >= 0.6 is 11.6 Å². The minimum Gasteiger partial charge on any atom is -0.323 e. The van der Waals surface area contributed by atoms with E-state index in [1.54, 1.807) is 20.9 Å². The number of nitro benzene ring substituents is 1. The summed E-state index contributed by atoms with van der Waals surface area (Å²) in [5, 5.41) is 16.1. The van der Waals surface area contributed by atoms with Crippen LogP contribution in [0.3, 0.4) is 0 Å². The van der Waals surface area contributed by atoms with Crippen molar-refractivity contribution in [3.05, 3.63) is 33.3 Å². The molecule has 6 nitrogen and oxygen atoms in total. The summed E-state index contributed by atoms with van der Waals surface area (Å²) in [6.07, 6.45) is 0. The Bertz CT molecular complexity index is 490. The minimum absolute atomic E-state index is 0.120. The van der Waals surface area contributed by atoms with Gasteiger partial charge in [0.15, 0.2) is 0 Å². The number of amides is 1. The largest absolute Gasteiger partial charge is 0.323 e. The molecule has 1 aromatic rings. The van der Waals surface area contributed by atoms with Crippen molar-refractivity contribution in [3.8, 4) is 0 Å². The number of carbonyl (C=O) groups excluding carboxylic acids is 1. The third-order valence-corrected chi connectivity index (χ3v) is 2.92. The molecule has 20 heavy (non-hydrogen) atoms. The molecule has 0 heterocycles. The second-order valence-corrected chi connectivity index (χ2v) is 4.66. The summed E-state index contributed by atoms with van der Waals surface area (Å²) in [6, 6.07) is 3.89. The second kappa shape index (κ2) is 7.81. The lowest BCUT2D eigenvalue weighted by molar-refractivity contribution is -0.384. The van der Waals surface area contributed by atoms with Gasteiger partial charge in [0, 0.05) is 12.1 Å². The molecule has 0 radical (unpaired) electrons. The molecule has 0 fully saturated rings. The molecule has 2 N–H and O–H groups in total. The number of anilines is 1. The average molecular weight is 302 g/mol. The molecule has 0 saturated heterocycles. The number of carbonyl (C=O) groups is 1. The van der Waals surface area contributed by atoms with Crippen molar-refractivity contribution >= 4 is 28.9 Å². The number of rotatable bonds is 4. The lowest BCUT2D eigenvalue weighted by Crippen LogP contribution is -2.47. The molecule has 0 atom stereocenters. The van der Waals surface area contributed by atoms with Crippen LogP contribution in [-0.2, 0) is 4.79 Å². The van der Waals surface area contributed by atoms with Gasteiger partial charge in [0.25, 0.3) is 5.69 Å². The van der Waals surface area contributed by atoms with Crippen LogP contribution in [0.25, 0.3) is 0 Å². The van der Waals surface area contributed by atoms with Crippen LogP contribution in [-0.4, -0.2) is 23.4 Å². The van der Waals surface area contributed by atoms with Gasteiger partial charge < -0.3 is 10.6 Å². The molecule has 7 heteroatoms. The van der Waals surface area contributed by atoms with Crippen LogP contribution in [0.5, 0.6) is 0 Å². The SMILES string of the molecule is CC.CNC(C)(C)C(=O)Nc1ccc([N+](=O)[O-])cc1Cl. The van der Waals surface area contributed by atoms with Gasteiger partial charge >= 0.3 is 0 Å². The molecule has 1 amide bonds. The number of nitro groups is 1. The summed E-state index contributed by atoms with van der Waals surface area (Å²) in [5.41, 5.74) is -0.535. The highest BCUT2D eigenvalue weighted by atomic mass is 35.5. The molecule has 1 aromatic carbocycles. The van der Waals surface area contributed by atoms with Crippen molar-refractivity contribution in [1.29, 1.82) is 0 Å². The fourth-order valence-corrected chi connectivity index (χ4v) is 1.33. The van der Waals surface area contributed by atoms with E-state index >= 15 is 0 Å². The van der Waals surface area contributed by atoms with E-state index in [0.717, 1.165) is 0 Å². The van der Waals surface area contributed by atoms with Gasteiger partial charge in [-0.1, -0.05) is 25.4 Å². The number of hydrogen-bond donors (Lipinski definition) is 2. The zero-order valence-corrected chi connectivity index (χ0v) is 13.0. The van der Waals surface area contributed by atoms with E-state index in [4.69, 9.17) is 11.6 Å². The molecule has 0 spiro atoms. The average Bonchev–Trinajstić information content (AvgIpc) is 2.42. The zero-order valence-electron chi connectivity index (χ0n) is 12.3. The highest BCUT2D eigenvalue weighted by Gasteiger charge is 2.25. The van der Waals surface area contributed by atoms with Crippen LogP contribution in [0.15, 0.2) is 18.2 Å². The Hall–Kier alpha value is -1.66. The Balaban J connectivity index is 0.00000172. The third-order valence-electron chi connectivity index (χ3n) is 2.60. The fraction of sp³-hybridized carbons (Fsp3) is 0.462. The number of nitrogens with zero attached hydrogens (tertiary/aromatic N) is 1. The van der Waals surface area contributed by atoms with E-state index in [1.165, 1.54) is 18.2 Å². The highest BCUT2D eigenvalue weighted by molar-refractivity contribution is 6.34. The van der Waals surface area contributed by atoms with Crippen LogP contribution < -0.4 is 10.6 Å². The zero-order chi connectivity index (χ0) is 15.9. The molecule has 0 aromatic heterocycles. The Kier molecular flexibility index (Phi) is 7.17. The van der Waals surface area contributed by atoms with E-state index < -0.39 is 10.5 Å². The predicted molar refractivity (Wildman–Crippen MR) is 81.2 cm³/mol. The van der Waals surface area contributed by atoms with E-state index in [0.29, 0.717) is 5.69 Å². The molecular formula is C13H20ClN3O3. The molecule has 112 valence electrons. The molecule has 0 unspecified atom stereocenters. The van der Waals surface area contributed by atoms with E-state index in [9.17, 15) is 14.9 Å².